The molecule has 0 amide bonds. The lowest BCUT2D eigenvalue weighted by Crippen LogP contribution is -1.85. The van der Waals surface area contributed by atoms with E-state index in [1.54, 1.807) is 0 Å². The fourth-order valence-corrected chi connectivity index (χ4v) is 0.136. The highest BCUT2D eigenvalue weighted by molar-refractivity contribution is 4.48. The second-order valence-electron chi connectivity index (χ2n) is 1.03. The van der Waals surface area contributed by atoms with Crippen molar-refractivity contribution >= 4 is 0 Å². The van der Waals surface area contributed by atoms with Gasteiger partial charge in [0.25, 0.3) is 0 Å². The Morgan fingerprint density at radius 1 is 1.33 bits per heavy atom. The summed E-state index contributed by atoms with van der Waals surface area (Å²) in [6, 6.07) is 0. The molecule has 0 saturated heterocycles. The molecule has 0 aromatic carbocycles. The molecule has 5 nitrogen and oxygen atoms in total. The lowest BCUT2D eigenvalue weighted by Gasteiger charge is -1.70. The lowest BCUT2D eigenvalue weighted by molar-refractivity contribution is 0.186. The van der Waals surface area contributed by atoms with Crippen LogP contribution < -0.4 is 0 Å². The van der Waals surface area contributed by atoms with Crippen LogP contribution in [0.4, 0.5) is 0 Å². The van der Waals surface area contributed by atoms with Gasteiger partial charge in [-0.05, 0) is 0 Å². The van der Waals surface area contributed by atoms with E-state index in [0.717, 1.165) is 0 Å². The van der Waals surface area contributed by atoms with Crippen LogP contribution in [0.3, 0.4) is 0 Å². The zero-order valence-electron chi connectivity index (χ0n) is 4.77. The number of hydrogen-bond donors (Lipinski definition) is 2. The van der Waals surface area contributed by atoms with E-state index in [1.165, 1.54) is 12.5 Å². The molecule has 5 heteroatoms. The van der Waals surface area contributed by atoms with Crippen LogP contribution >= 0.6 is 0 Å². The van der Waals surface area contributed by atoms with Gasteiger partial charge in [0.05, 0.1) is 19.4 Å². The van der Waals surface area contributed by atoms with E-state index < -0.39 is 0 Å². The van der Waals surface area contributed by atoms with E-state index in [1.807, 2.05) is 0 Å². The summed E-state index contributed by atoms with van der Waals surface area (Å²) in [6.07, 6.45) is 2.88. The van der Waals surface area contributed by atoms with E-state index >= 15 is 0 Å². The third-order valence-electron chi connectivity index (χ3n) is 0.383. The average molecular weight is 132 g/mol. The van der Waals surface area contributed by atoms with E-state index in [4.69, 9.17) is 10.2 Å². The molecule has 0 saturated carbocycles. The molecule has 9 heavy (non-hydrogen) atoms. The zero-order chi connectivity index (χ0) is 6.95. The van der Waals surface area contributed by atoms with Crippen LogP contribution in [0.15, 0.2) is 17.0 Å². The summed E-state index contributed by atoms with van der Waals surface area (Å²) in [5, 5.41) is 21.7. The minimum absolute atomic E-state index is 0.125. The molecule has 0 aliphatic carbocycles. The van der Waals surface area contributed by atoms with Crippen molar-refractivity contribution in [2.45, 2.75) is 0 Å². The molecule has 1 aromatic heterocycles. The molecule has 0 aliphatic rings. The molecule has 0 atom stereocenters. The van der Waals surface area contributed by atoms with Gasteiger partial charge in [-0.3, -0.25) is 0 Å². The third kappa shape index (κ3) is 7.06. The molecular weight excluding hydrogens is 124 g/mol. The number of nitrogens with zero attached hydrogens (tertiary/aromatic N) is 2. The summed E-state index contributed by atoms with van der Waals surface area (Å²) in [6.45, 7) is -0.250. The molecule has 0 fully saturated rings. The van der Waals surface area contributed by atoms with Gasteiger partial charge in [0, 0.05) is 5.27 Å². The van der Waals surface area contributed by atoms with Gasteiger partial charge in [-0.2, -0.15) is 0 Å². The highest BCUT2D eigenvalue weighted by atomic mass is 16.5. The van der Waals surface area contributed by atoms with Gasteiger partial charge in [-0.15, -0.1) is 5.10 Å². The van der Waals surface area contributed by atoms with E-state index in [0.29, 0.717) is 0 Å². The van der Waals surface area contributed by atoms with Crippen LogP contribution in [0.5, 0.6) is 0 Å². The minimum Gasteiger partial charge on any atom is -0.394 e. The third-order valence-corrected chi connectivity index (χ3v) is 0.383. The van der Waals surface area contributed by atoms with Gasteiger partial charge in [0.1, 0.15) is 6.26 Å². The summed E-state index contributed by atoms with van der Waals surface area (Å²) < 4.78 is 4.22. The van der Waals surface area contributed by atoms with E-state index in [-0.39, 0.29) is 13.2 Å². The molecule has 1 rings (SSSR count). The predicted molar refractivity (Wildman–Crippen MR) is 28.5 cm³/mol. The van der Waals surface area contributed by atoms with Crippen molar-refractivity contribution < 1.29 is 14.7 Å². The van der Waals surface area contributed by atoms with Crippen LogP contribution in [0.2, 0.25) is 0 Å². The molecule has 2 N–H and O–H groups in total. The van der Waals surface area contributed by atoms with Crippen molar-refractivity contribution in [1.29, 1.82) is 0 Å². The average Bonchev–Trinajstić information content (AvgIpc) is 2.43. The Kier molecular flexibility index (Phi) is 6.32. The second-order valence-corrected chi connectivity index (χ2v) is 1.03. The Hall–Kier alpha value is -0.940. The molecule has 0 spiro atoms. The van der Waals surface area contributed by atoms with Crippen molar-refractivity contribution in [3.63, 3.8) is 0 Å². The van der Waals surface area contributed by atoms with Gasteiger partial charge in [-0.25, -0.2) is 0 Å². The topological polar surface area (TPSA) is 79.4 Å². The Labute approximate surface area is 51.9 Å². The van der Waals surface area contributed by atoms with Crippen LogP contribution in [0, 0.1) is 0 Å². The number of hydrogen-bond acceptors (Lipinski definition) is 5. The second kappa shape index (κ2) is 7.06. The molecule has 0 bridgehead atoms. The minimum atomic E-state index is -0.125. The van der Waals surface area contributed by atoms with Crippen LogP contribution in [-0.4, -0.2) is 33.8 Å². The van der Waals surface area contributed by atoms with Gasteiger partial charge >= 0.3 is 0 Å². The first-order chi connectivity index (χ1) is 4.41. The summed E-state index contributed by atoms with van der Waals surface area (Å²) in [5.41, 5.74) is 0. The zero-order valence-corrected chi connectivity index (χ0v) is 4.77. The Bertz CT molecular complexity index is 89.3. The van der Waals surface area contributed by atoms with Crippen LogP contribution in [-0.2, 0) is 0 Å². The smallest absolute Gasteiger partial charge is 0.144 e. The first-order valence-electron chi connectivity index (χ1n) is 2.34. The van der Waals surface area contributed by atoms with Crippen molar-refractivity contribution in [1.82, 2.24) is 10.4 Å². The first-order valence-corrected chi connectivity index (χ1v) is 2.34. The summed E-state index contributed by atoms with van der Waals surface area (Å²) in [4.78, 5) is 0. The normalized spacial score (nSPS) is 7.78. The largest absolute Gasteiger partial charge is 0.394 e. The Morgan fingerprint density at radius 2 is 2.00 bits per heavy atom. The quantitative estimate of drug-likeness (QED) is 0.514. The van der Waals surface area contributed by atoms with Gasteiger partial charge in [0.15, 0.2) is 0 Å². The monoisotopic (exact) mass is 132 g/mol. The fourth-order valence-electron chi connectivity index (χ4n) is 0.136. The van der Waals surface area contributed by atoms with Crippen molar-refractivity contribution in [2.24, 2.45) is 0 Å². The standard InChI is InChI=1S/C2H2N2O.C2H6O2/c1-2-5-4-3-1;3-1-2-4/h1-2H;3-4H,1-2H2. The summed E-state index contributed by atoms with van der Waals surface area (Å²) >= 11 is 0. The summed E-state index contributed by atoms with van der Waals surface area (Å²) in [5.74, 6) is 0. The molecule has 0 radical (unpaired) electrons. The van der Waals surface area contributed by atoms with Gasteiger partial charge in [0.2, 0.25) is 0 Å². The Morgan fingerprint density at radius 3 is 2.11 bits per heavy atom. The molecule has 1 heterocycles. The molecular formula is C4H8N2O3. The van der Waals surface area contributed by atoms with Gasteiger partial charge < -0.3 is 14.7 Å². The lowest BCUT2D eigenvalue weighted by atomic mass is 10.8. The van der Waals surface area contributed by atoms with Crippen LogP contribution in [0.1, 0.15) is 0 Å². The van der Waals surface area contributed by atoms with Gasteiger partial charge in [-0.1, -0.05) is 0 Å². The highest BCUT2D eigenvalue weighted by Crippen LogP contribution is 1.64. The maximum atomic E-state index is 7.62. The predicted octanol–water partition coefficient (Wildman–Crippen LogP) is -0.959. The fraction of sp³-hybridized carbons (Fsp3) is 0.500. The number of aliphatic hydroxyl groups excluding tert-OH is 2. The maximum Gasteiger partial charge on any atom is 0.144 e. The Balaban J connectivity index is 0.000000148. The van der Waals surface area contributed by atoms with Crippen molar-refractivity contribution in [3.05, 3.63) is 12.5 Å². The van der Waals surface area contributed by atoms with Crippen molar-refractivity contribution in [2.75, 3.05) is 13.2 Å². The number of aliphatic hydroxyl groups is 2. The van der Waals surface area contributed by atoms with Crippen molar-refractivity contribution in [3.8, 4) is 0 Å². The molecule has 1 aromatic rings. The number of rotatable bonds is 1. The molecule has 0 aliphatic heterocycles. The SMILES string of the molecule is OCCO.c1conn1. The number of aromatic nitrogens is 2. The first kappa shape index (κ1) is 8.06. The highest BCUT2D eigenvalue weighted by Gasteiger charge is 1.61. The molecule has 0 unspecified atom stereocenters. The maximum absolute atomic E-state index is 7.62. The van der Waals surface area contributed by atoms with E-state index in [9.17, 15) is 0 Å². The van der Waals surface area contributed by atoms with E-state index in [2.05, 4.69) is 14.9 Å². The molecule has 52 valence electrons. The van der Waals surface area contributed by atoms with Crippen LogP contribution in [0.25, 0.3) is 0 Å². The summed E-state index contributed by atoms with van der Waals surface area (Å²) in [7, 11) is 0.